The van der Waals surface area contributed by atoms with Crippen molar-refractivity contribution in [2.24, 2.45) is 0 Å². The number of benzene rings is 2. The third-order valence-electron chi connectivity index (χ3n) is 3.94. The van der Waals surface area contributed by atoms with Gasteiger partial charge in [0, 0.05) is 5.02 Å². The third kappa shape index (κ3) is 7.93. The van der Waals surface area contributed by atoms with Crippen LogP contribution in [0.2, 0.25) is 10.0 Å². The van der Waals surface area contributed by atoms with Crippen molar-refractivity contribution in [3.8, 4) is 5.75 Å². The van der Waals surface area contributed by atoms with Gasteiger partial charge >= 0.3 is 5.97 Å². The second-order valence-electron chi connectivity index (χ2n) is 6.15. The maximum Gasteiger partial charge on any atom is 0.325 e. The number of esters is 1. The molecule has 0 radical (unpaired) electrons. The van der Waals surface area contributed by atoms with Gasteiger partial charge in [-0.2, -0.15) is 0 Å². The van der Waals surface area contributed by atoms with E-state index in [1.165, 1.54) is 18.2 Å². The molecule has 2 N–H and O–H groups in total. The van der Waals surface area contributed by atoms with Crippen molar-refractivity contribution in [3.63, 3.8) is 0 Å². The number of aryl methyl sites for hydroxylation is 1. The molecule has 2 aromatic carbocycles. The number of hydrogen-bond donors (Lipinski definition) is 2. The van der Waals surface area contributed by atoms with Crippen molar-refractivity contribution in [1.82, 2.24) is 10.6 Å². The number of hydrogen-bond acceptors (Lipinski definition) is 5. The van der Waals surface area contributed by atoms with E-state index >= 15 is 0 Å². The van der Waals surface area contributed by atoms with Crippen LogP contribution in [0.25, 0.3) is 0 Å². The lowest BCUT2D eigenvalue weighted by Crippen LogP contribution is -2.39. The maximum absolute atomic E-state index is 12.0. The van der Waals surface area contributed by atoms with E-state index in [0.29, 0.717) is 10.8 Å². The minimum atomic E-state index is -0.610. The Morgan fingerprint density at radius 3 is 2.50 bits per heavy atom. The summed E-state index contributed by atoms with van der Waals surface area (Å²) in [4.78, 5) is 35.5. The molecule has 2 rings (SSSR count). The lowest BCUT2D eigenvalue weighted by molar-refractivity contribution is -0.144. The lowest BCUT2D eigenvalue weighted by atomic mass is 10.2. The molecule has 30 heavy (non-hydrogen) atoms. The highest BCUT2D eigenvalue weighted by atomic mass is 35.5. The summed E-state index contributed by atoms with van der Waals surface area (Å²) in [7, 11) is 0. The SMILES string of the molecule is CCc1cccc(OCCOC(=O)CNC(=O)CNC(=O)c2ccc(Cl)cc2Cl)c1. The molecule has 0 aromatic heterocycles. The Bertz CT molecular complexity index is 905. The first-order valence-electron chi connectivity index (χ1n) is 9.26. The fourth-order valence-electron chi connectivity index (χ4n) is 2.38. The Hall–Kier alpha value is -2.77. The van der Waals surface area contributed by atoms with Crippen LogP contribution in [-0.4, -0.2) is 44.1 Å². The molecule has 2 amide bonds. The van der Waals surface area contributed by atoms with Gasteiger partial charge in [-0.15, -0.1) is 0 Å². The van der Waals surface area contributed by atoms with E-state index in [-0.39, 0.29) is 36.9 Å². The molecule has 0 saturated carbocycles. The van der Waals surface area contributed by atoms with Crippen molar-refractivity contribution in [1.29, 1.82) is 0 Å². The van der Waals surface area contributed by atoms with Gasteiger partial charge in [0.15, 0.2) is 0 Å². The fourth-order valence-corrected chi connectivity index (χ4v) is 2.88. The van der Waals surface area contributed by atoms with Crippen LogP contribution in [0.1, 0.15) is 22.8 Å². The molecule has 0 unspecified atom stereocenters. The smallest absolute Gasteiger partial charge is 0.325 e. The standard InChI is InChI=1S/C21H22Cl2N2O5/c1-2-14-4-3-5-16(10-14)29-8-9-30-20(27)13-24-19(26)12-25-21(28)17-7-6-15(22)11-18(17)23/h3-7,10-11H,2,8-9,12-13H2,1H3,(H,24,26)(H,25,28). The zero-order valence-corrected chi connectivity index (χ0v) is 17.9. The van der Waals surface area contributed by atoms with Gasteiger partial charge in [-0.3, -0.25) is 14.4 Å². The summed E-state index contributed by atoms with van der Waals surface area (Å²) in [6.45, 7) is 1.67. The average Bonchev–Trinajstić information content (AvgIpc) is 2.73. The number of carbonyl (C=O) groups excluding carboxylic acids is 3. The van der Waals surface area contributed by atoms with Crippen LogP contribution in [0.15, 0.2) is 42.5 Å². The van der Waals surface area contributed by atoms with E-state index in [9.17, 15) is 14.4 Å². The summed E-state index contributed by atoms with van der Waals surface area (Å²) < 4.78 is 10.5. The Labute approximate surface area is 184 Å². The third-order valence-corrected chi connectivity index (χ3v) is 4.48. The largest absolute Gasteiger partial charge is 0.490 e. The highest BCUT2D eigenvalue weighted by Crippen LogP contribution is 2.20. The fraction of sp³-hybridized carbons (Fsp3) is 0.286. The molecule has 0 aliphatic heterocycles. The van der Waals surface area contributed by atoms with E-state index < -0.39 is 17.8 Å². The summed E-state index contributed by atoms with van der Waals surface area (Å²) in [5.74, 6) is -0.978. The molecule has 0 atom stereocenters. The van der Waals surface area contributed by atoms with E-state index in [1.54, 1.807) is 0 Å². The summed E-state index contributed by atoms with van der Waals surface area (Å²) in [6.07, 6.45) is 0.902. The monoisotopic (exact) mass is 452 g/mol. The first-order valence-corrected chi connectivity index (χ1v) is 10.0. The molecule has 0 heterocycles. The van der Waals surface area contributed by atoms with Crippen LogP contribution in [-0.2, 0) is 20.7 Å². The number of amides is 2. The van der Waals surface area contributed by atoms with Crippen molar-refractivity contribution >= 4 is 41.0 Å². The summed E-state index contributed by atoms with van der Waals surface area (Å²) >= 11 is 11.7. The van der Waals surface area contributed by atoms with Crippen LogP contribution in [0.3, 0.4) is 0 Å². The van der Waals surface area contributed by atoms with Gasteiger partial charge in [-0.05, 0) is 42.3 Å². The van der Waals surface area contributed by atoms with E-state index in [0.717, 1.165) is 12.0 Å². The quantitative estimate of drug-likeness (QED) is 0.426. The maximum atomic E-state index is 12.0. The summed E-state index contributed by atoms with van der Waals surface area (Å²) in [6, 6.07) is 12.1. The van der Waals surface area contributed by atoms with E-state index in [1.807, 2.05) is 31.2 Å². The van der Waals surface area contributed by atoms with Gasteiger partial charge in [0.25, 0.3) is 5.91 Å². The molecule has 7 nitrogen and oxygen atoms in total. The van der Waals surface area contributed by atoms with Crippen LogP contribution >= 0.6 is 23.2 Å². The van der Waals surface area contributed by atoms with E-state index in [2.05, 4.69) is 10.6 Å². The van der Waals surface area contributed by atoms with Gasteiger partial charge in [0.05, 0.1) is 17.1 Å². The molecule has 0 saturated heterocycles. The van der Waals surface area contributed by atoms with Crippen LogP contribution in [0.5, 0.6) is 5.75 Å². The van der Waals surface area contributed by atoms with Gasteiger partial charge in [0.2, 0.25) is 5.91 Å². The minimum Gasteiger partial charge on any atom is -0.490 e. The van der Waals surface area contributed by atoms with Crippen molar-refractivity contribution in [2.45, 2.75) is 13.3 Å². The van der Waals surface area contributed by atoms with Gasteiger partial charge in [0.1, 0.15) is 25.5 Å². The first-order chi connectivity index (χ1) is 14.4. The number of ether oxygens (including phenoxy) is 2. The van der Waals surface area contributed by atoms with Crippen molar-refractivity contribution in [2.75, 3.05) is 26.3 Å². The molecule has 9 heteroatoms. The Kier molecular flexibility index (Phi) is 9.44. The zero-order chi connectivity index (χ0) is 21.9. The summed E-state index contributed by atoms with van der Waals surface area (Å²) in [5.41, 5.74) is 1.34. The van der Waals surface area contributed by atoms with Crippen LogP contribution in [0.4, 0.5) is 0 Å². The molecular weight excluding hydrogens is 431 g/mol. The second kappa shape index (κ2) is 12.0. The predicted molar refractivity (Wildman–Crippen MR) is 114 cm³/mol. The number of rotatable bonds is 10. The molecule has 0 bridgehead atoms. The molecule has 0 fully saturated rings. The lowest BCUT2D eigenvalue weighted by Gasteiger charge is -2.10. The molecule has 0 spiro atoms. The number of carbonyl (C=O) groups is 3. The number of halogens is 2. The number of nitrogens with one attached hydrogen (secondary N) is 2. The van der Waals surface area contributed by atoms with Crippen molar-refractivity contribution in [3.05, 3.63) is 63.6 Å². The zero-order valence-electron chi connectivity index (χ0n) is 16.4. The Morgan fingerprint density at radius 2 is 1.77 bits per heavy atom. The van der Waals surface area contributed by atoms with Gasteiger partial charge in [-0.1, -0.05) is 42.3 Å². The second-order valence-corrected chi connectivity index (χ2v) is 7.00. The average molecular weight is 453 g/mol. The van der Waals surface area contributed by atoms with Crippen LogP contribution in [0, 0.1) is 0 Å². The highest BCUT2D eigenvalue weighted by molar-refractivity contribution is 6.36. The van der Waals surface area contributed by atoms with Crippen molar-refractivity contribution < 1.29 is 23.9 Å². The minimum absolute atomic E-state index is 0.0524. The van der Waals surface area contributed by atoms with Gasteiger partial charge < -0.3 is 20.1 Å². The molecule has 0 aliphatic carbocycles. The highest BCUT2D eigenvalue weighted by Gasteiger charge is 2.13. The van der Waals surface area contributed by atoms with Crippen LogP contribution < -0.4 is 15.4 Å². The van der Waals surface area contributed by atoms with Gasteiger partial charge in [-0.25, -0.2) is 0 Å². The first kappa shape index (κ1) is 23.5. The molecule has 2 aromatic rings. The Balaban J connectivity index is 1.62. The Morgan fingerprint density at radius 1 is 0.967 bits per heavy atom. The normalized spacial score (nSPS) is 10.2. The molecule has 160 valence electrons. The predicted octanol–water partition coefficient (Wildman–Crippen LogP) is 3.02. The molecular formula is C21H22Cl2N2O5. The summed E-state index contributed by atoms with van der Waals surface area (Å²) in [5, 5.41) is 5.35. The topological polar surface area (TPSA) is 93.7 Å². The van der Waals surface area contributed by atoms with E-state index in [4.69, 9.17) is 32.7 Å². The molecule has 0 aliphatic rings.